The second-order valence-electron chi connectivity index (χ2n) is 4.97. The van der Waals surface area contributed by atoms with E-state index in [2.05, 4.69) is 9.88 Å². The Morgan fingerprint density at radius 2 is 2.18 bits per heavy atom. The number of nitrogens with zero attached hydrogens (tertiary/aromatic N) is 2. The second kappa shape index (κ2) is 6.50. The molecule has 116 valence electrons. The van der Waals surface area contributed by atoms with Crippen molar-refractivity contribution in [3.8, 4) is 0 Å². The third-order valence-corrected chi connectivity index (χ3v) is 3.95. The summed E-state index contributed by atoms with van der Waals surface area (Å²) in [6.45, 7) is 4.76. The Hall–Kier alpha value is -1.85. The average molecular weight is 321 g/mol. The van der Waals surface area contributed by atoms with E-state index in [1.165, 1.54) is 0 Å². The highest BCUT2D eigenvalue weighted by Gasteiger charge is 2.24. The first-order chi connectivity index (χ1) is 10.7. The minimum Gasteiger partial charge on any atom is -0.462 e. The Labute approximate surface area is 133 Å². The van der Waals surface area contributed by atoms with Crippen LogP contribution in [0.25, 0.3) is 10.9 Å². The Kier molecular flexibility index (Phi) is 4.45. The van der Waals surface area contributed by atoms with Gasteiger partial charge in [0.25, 0.3) is 0 Å². The number of hydrogen-bond acceptors (Lipinski definition) is 5. The number of pyridine rings is 1. The van der Waals surface area contributed by atoms with Crippen LogP contribution in [0.3, 0.4) is 0 Å². The zero-order valence-corrected chi connectivity index (χ0v) is 13.1. The highest BCUT2D eigenvalue weighted by atomic mass is 35.5. The molecule has 0 amide bonds. The zero-order chi connectivity index (χ0) is 15.5. The van der Waals surface area contributed by atoms with E-state index < -0.39 is 0 Å². The molecule has 1 aromatic heterocycles. The van der Waals surface area contributed by atoms with Crippen molar-refractivity contribution in [1.82, 2.24) is 4.98 Å². The van der Waals surface area contributed by atoms with Gasteiger partial charge in [-0.25, -0.2) is 4.79 Å². The molecule has 1 aliphatic heterocycles. The Balaban J connectivity index is 2.21. The molecule has 0 unspecified atom stereocenters. The molecule has 2 aromatic rings. The molecule has 2 heterocycles. The van der Waals surface area contributed by atoms with E-state index in [-0.39, 0.29) is 5.97 Å². The molecule has 5 nitrogen and oxygen atoms in total. The first kappa shape index (κ1) is 15.1. The predicted molar refractivity (Wildman–Crippen MR) is 85.7 cm³/mol. The molecule has 1 fully saturated rings. The van der Waals surface area contributed by atoms with Crippen molar-refractivity contribution in [2.24, 2.45) is 0 Å². The Morgan fingerprint density at radius 1 is 1.41 bits per heavy atom. The first-order valence-corrected chi connectivity index (χ1v) is 7.67. The standard InChI is InChI=1S/C16H17ClN2O3/c1-2-22-16(20)11-10-18-13-5-3-4-12(17)14(13)15(11)19-6-8-21-9-7-19/h3-5,10H,2,6-9H2,1H3. The third kappa shape index (κ3) is 2.74. The molecule has 1 aliphatic rings. The molecule has 22 heavy (non-hydrogen) atoms. The summed E-state index contributed by atoms with van der Waals surface area (Å²) >= 11 is 6.39. The van der Waals surface area contributed by atoms with Crippen molar-refractivity contribution >= 4 is 34.2 Å². The number of anilines is 1. The van der Waals surface area contributed by atoms with Crippen LogP contribution in [0.1, 0.15) is 17.3 Å². The number of esters is 1. The largest absolute Gasteiger partial charge is 0.462 e. The van der Waals surface area contributed by atoms with Gasteiger partial charge in [-0.1, -0.05) is 17.7 Å². The summed E-state index contributed by atoms with van der Waals surface area (Å²) in [5.74, 6) is -0.377. The lowest BCUT2D eigenvalue weighted by Crippen LogP contribution is -2.37. The van der Waals surface area contributed by atoms with E-state index in [1.54, 1.807) is 13.1 Å². The maximum absolute atomic E-state index is 12.3. The third-order valence-electron chi connectivity index (χ3n) is 3.64. The van der Waals surface area contributed by atoms with Crippen molar-refractivity contribution in [3.05, 3.63) is 35.0 Å². The van der Waals surface area contributed by atoms with Crippen molar-refractivity contribution in [3.63, 3.8) is 0 Å². The van der Waals surface area contributed by atoms with Gasteiger partial charge in [-0.3, -0.25) is 4.98 Å². The minimum absolute atomic E-state index is 0.321. The van der Waals surface area contributed by atoms with Crippen LogP contribution in [0.15, 0.2) is 24.4 Å². The van der Waals surface area contributed by atoms with Gasteiger partial charge in [0.15, 0.2) is 0 Å². The molecule has 1 saturated heterocycles. The van der Waals surface area contributed by atoms with Gasteiger partial charge in [0.2, 0.25) is 0 Å². The van der Waals surface area contributed by atoms with Gasteiger partial charge in [-0.05, 0) is 19.1 Å². The summed E-state index contributed by atoms with van der Waals surface area (Å²) in [5, 5.41) is 1.37. The van der Waals surface area contributed by atoms with E-state index >= 15 is 0 Å². The SMILES string of the molecule is CCOC(=O)c1cnc2cccc(Cl)c2c1N1CCOCC1. The van der Waals surface area contributed by atoms with Crippen LogP contribution in [0.2, 0.25) is 5.02 Å². The van der Waals surface area contributed by atoms with Gasteiger partial charge in [0, 0.05) is 24.7 Å². The number of rotatable bonds is 3. The van der Waals surface area contributed by atoms with Gasteiger partial charge in [0.1, 0.15) is 5.56 Å². The lowest BCUT2D eigenvalue weighted by molar-refractivity contribution is 0.0526. The summed E-state index contributed by atoms with van der Waals surface area (Å²) < 4.78 is 10.6. The molecular weight excluding hydrogens is 304 g/mol. The zero-order valence-electron chi connectivity index (χ0n) is 12.3. The summed E-state index contributed by atoms with van der Waals surface area (Å²) in [6.07, 6.45) is 1.57. The highest BCUT2D eigenvalue weighted by molar-refractivity contribution is 6.36. The molecule has 1 aromatic carbocycles. The molecule has 0 saturated carbocycles. The summed E-state index contributed by atoms with van der Waals surface area (Å²) in [5.41, 5.74) is 2.00. The van der Waals surface area contributed by atoms with Crippen LogP contribution < -0.4 is 4.90 Å². The van der Waals surface area contributed by atoms with Gasteiger partial charge >= 0.3 is 5.97 Å². The molecule has 6 heteroatoms. The van der Waals surface area contributed by atoms with E-state index in [1.807, 2.05) is 18.2 Å². The normalized spacial score (nSPS) is 15.1. The fraction of sp³-hybridized carbons (Fsp3) is 0.375. The number of aromatic nitrogens is 1. The maximum Gasteiger partial charge on any atom is 0.341 e. The molecule has 0 N–H and O–H groups in total. The Morgan fingerprint density at radius 3 is 2.91 bits per heavy atom. The number of carbonyl (C=O) groups is 1. The molecule has 0 bridgehead atoms. The van der Waals surface area contributed by atoms with Gasteiger partial charge in [-0.15, -0.1) is 0 Å². The van der Waals surface area contributed by atoms with Crippen molar-refractivity contribution in [2.45, 2.75) is 6.92 Å². The monoisotopic (exact) mass is 320 g/mol. The summed E-state index contributed by atoms with van der Waals surface area (Å²) in [7, 11) is 0. The number of halogens is 1. The lowest BCUT2D eigenvalue weighted by Gasteiger charge is -2.31. The number of ether oxygens (including phenoxy) is 2. The van der Waals surface area contributed by atoms with Crippen LogP contribution >= 0.6 is 11.6 Å². The van der Waals surface area contributed by atoms with Crippen molar-refractivity contribution < 1.29 is 14.3 Å². The molecule has 0 atom stereocenters. The Bertz CT molecular complexity index is 699. The van der Waals surface area contributed by atoms with E-state index in [0.29, 0.717) is 43.5 Å². The highest BCUT2D eigenvalue weighted by Crippen LogP contribution is 2.35. The number of morpholine rings is 1. The minimum atomic E-state index is -0.377. The van der Waals surface area contributed by atoms with Gasteiger partial charge in [-0.2, -0.15) is 0 Å². The first-order valence-electron chi connectivity index (χ1n) is 7.29. The van der Waals surface area contributed by atoms with Crippen LogP contribution in [0.5, 0.6) is 0 Å². The number of fused-ring (bicyclic) bond motifs is 1. The fourth-order valence-electron chi connectivity index (χ4n) is 2.66. The molecule has 0 aliphatic carbocycles. The van der Waals surface area contributed by atoms with Crippen LogP contribution in [0, 0.1) is 0 Å². The second-order valence-corrected chi connectivity index (χ2v) is 5.38. The van der Waals surface area contributed by atoms with Crippen molar-refractivity contribution in [2.75, 3.05) is 37.8 Å². The van der Waals surface area contributed by atoms with Crippen LogP contribution in [0.4, 0.5) is 5.69 Å². The van der Waals surface area contributed by atoms with E-state index in [9.17, 15) is 4.79 Å². The summed E-state index contributed by atoms with van der Waals surface area (Å²) in [6, 6.07) is 5.55. The maximum atomic E-state index is 12.3. The number of benzene rings is 1. The van der Waals surface area contributed by atoms with Crippen LogP contribution in [-0.4, -0.2) is 43.9 Å². The smallest absolute Gasteiger partial charge is 0.341 e. The molecule has 0 spiro atoms. The lowest BCUT2D eigenvalue weighted by atomic mass is 10.1. The average Bonchev–Trinajstić information content (AvgIpc) is 2.55. The fourth-order valence-corrected chi connectivity index (χ4v) is 2.92. The van der Waals surface area contributed by atoms with Crippen molar-refractivity contribution in [1.29, 1.82) is 0 Å². The predicted octanol–water partition coefficient (Wildman–Crippen LogP) is 2.90. The van der Waals surface area contributed by atoms with Gasteiger partial charge < -0.3 is 14.4 Å². The van der Waals surface area contributed by atoms with E-state index in [0.717, 1.165) is 16.6 Å². The summed E-state index contributed by atoms with van der Waals surface area (Å²) in [4.78, 5) is 18.8. The quantitative estimate of drug-likeness (QED) is 0.814. The van der Waals surface area contributed by atoms with E-state index in [4.69, 9.17) is 21.1 Å². The van der Waals surface area contributed by atoms with Gasteiger partial charge in [0.05, 0.1) is 36.0 Å². The molecule has 0 radical (unpaired) electrons. The molecular formula is C16H17ClN2O3. The number of hydrogen-bond donors (Lipinski definition) is 0. The van der Waals surface area contributed by atoms with Crippen LogP contribution in [-0.2, 0) is 9.47 Å². The molecule has 3 rings (SSSR count). The number of carbonyl (C=O) groups excluding carboxylic acids is 1. The topological polar surface area (TPSA) is 51.7 Å².